The number of aryl methyl sites for hydroxylation is 1. The quantitative estimate of drug-likeness (QED) is 0.852. The number of benzene rings is 2. The maximum Gasteiger partial charge on any atom is 0.133 e. The van der Waals surface area contributed by atoms with Gasteiger partial charge in [-0.2, -0.15) is 0 Å². The smallest absolute Gasteiger partial charge is 0.133 e. The zero-order valence-corrected chi connectivity index (χ0v) is 12.5. The third-order valence-corrected chi connectivity index (χ3v) is 4.13. The van der Waals surface area contributed by atoms with Crippen molar-refractivity contribution >= 4 is 11.6 Å². The normalized spacial score (nSPS) is 14.5. The largest absolute Gasteiger partial charge is 0.310 e. The van der Waals surface area contributed by atoms with Crippen molar-refractivity contribution in [3.05, 3.63) is 58.1 Å². The van der Waals surface area contributed by atoms with Crippen molar-refractivity contribution in [3.63, 3.8) is 0 Å². The average molecular weight is 308 g/mol. The Morgan fingerprint density at radius 2 is 1.90 bits per heavy atom. The van der Waals surface area contributed by atoms with E-state index in [1.807, 2.05) is 6.07 Å². The molecule has 0 aliphatic heterocycles. The van der Waals surface area contributed by atoms with Gasteiger partial charge in [0.05, 0.1) is 0 Å². The van der Waals surface area contributed by atoms with Crippen molar-refractivity contribution in [1.29, 1.82) is 0 Å². The zero-order valence-electron chi connectivity index (χ0n) is 11.7. The SMILES string of the molecule is Cc1cc(-c2ccc(Cl)c(CNC3CC3)c2)c(F)cc1F. The molecule has 0 heterocycles. The van der Waals surface area contributed by atoms with Gasteiger partial charge in [-0.25, -0.2) is 8.78 Å². The molecule has 110 valence electrons. The molecular weight excluding hydrogens is 292 g/mol. The van der Waals surface area contributed by atoms with E-state index in [-0.39, 0.29) is 0 Å². The van der Waals surface area contributed by atoms with Gasteiger partial charge in [0.2, 0.25) is 0 Å². The van der Waals surface area contributed by atoms with E-state index in [0.29, 0.717) is 34.3 Å². The lowest BCUT2D eigenvalue weighted by atomic mass is 10.0. The molecular formula is C17H16ClF2N. The molecule has 0 saturated heterocycles. The van der Waals surface area contributed by atoms with E-state index in [2.05, 4.69) is 5.32 Å². The average Bonchev–Trinajstić information content (AvgIpc) is 3.26. The molecule has 1 aliphatic carbocycles. The molecule has 4 heteroatoms. The Kier molecular flexibility index (Phi) is 3.96. The molecule has 0 aromatic heterocycles. The summed E-state index contributed by atoms with van der Waals surface area (Å²) in [4.78, 5) is 0. The molecule has 0 amide bonds. The van der Waals surface area contributed by atoms with E-state index < -0.39 is 11.6 Å². The van der Waals surface area contributed by atoms with Crippen LogP contribution in [0.1, 0.15) is 24.0 Å². The van der Waals surface area contributed by atoms with Gasteiger partial charge in [0.15, 0.2) is 0 Å². The molecule has 0 bridgehead atoms. The predicted octanol–water partition coefficient (Wildman–Crippen LogP) is 4.85. The van der Waals surface area contributed by atoms with Crippen LogP contribution in [-0.4, -0.2) is 6.04 Å². The fourth-order valence-corrected chi connectivity index (χ4v) is 2.48. The lowest BCUT2D eigenvalue weighted by Crippen LogP contribution is -2.15. The van der Waals surface area contributed by atoms with Crippen LogP contribution >= 0.6 is 11.6 Å². The van der Waals surface area contributed by atoms with E-state index >= 15 is 0 Å². The minimum Gasteiger partial charge on any atom is -0.310 e. The first-order chi connectivity index (χ1) is 10.0. The molecule has 0 unspecified atom stereocenters. The minimum atomic E-state index is -0.554. The predicted molar refractivity (Wildman–Crippen MR) is 81.4 cm³/mol. The third-order valence-electron chi connectivity index (χ3n) is 3.76. The number of hydrogen-bond acceptors (Lipinski definition) is 1. The summed E-state index contributed by atoms with van der Waals surface area (Å²) in [6.45, 7) is 2.29. The Bertz CT molecular complexity index is 681. The van der Waals surface area contributed by atoms with Crippen molar-refractivity contribution < 1.29 is 8.78 Å². The molecule has 1 fully saturated rings. The molecule has 1 N–H and O–H groups in total. The Morgan fingerprint density at radius 3 is 2.62 bits per heavy atom. The van der Waals surface area contributed by atoms with E-state index in [4.69, 9.17) is 11.6 Å². The minimum absolute atomic E-state index is 0.401. The molecule has 2 aromatic rings. The fourth-order valence-electron chi connectivity index (χ4n) is 2.30. The zero-order chi connectivity index (χ0) is 15.0. The number of nitrogens with one attached hydrogen (secondary N) is 1. The Balaban J connectivity index is 1.94. The van der Waals surface area contributed by atoms with Crippen LogP contribution in [0, 0.1) is 18.6 Å². The van der Waals surface area contributed by atoms with E-state index in [9.17, 15) is 8.78 Å². The summed E-state index contributed by atoms with van der Waals surface area (Å²) in [5.74, 6) is -1.08. The van der Waals surface area contributed by atoms with Crippen molar-refractivity contribution in [3.8, 4) is 11.1 Å². The van der Waals surface area contributed by atoms with Gasteiger partial charge < -0.3 is 5.32 Å². The Morgan fingerprint density at radius 1 is 1.14 bits per heavy atom. The van der Waals surface area contributed by atoms with E-state index in [1.165, 1.54) is 18.9 Å². The molecule has 0 atom stereocenters. The van der Waals surface area contributed by atoms with Gasteiger partial charge >= 0.3 is 0 Å². The van der Waals surface area contributed by atoms with Gasteiger partial charge in [-0.15, -0.1) is 0 Å². The van der Waals surface area contributed by atoms with Crippen LogP contribution in [0.3, 0.4) is 0 Å². The van der Waals surface area contributed by atoms with Crippen LogP contribution in [0.15, 0.2) is 30.3 Å². The standard InChI is InChI=1S/C17H16ClF2N/c1-10-6-14(17(20)8-16(10)19)11-2-5-15(18)12(7-11)9-21-13-3-4-13/h2,5-8,13,21H,3-4,9H2,1H3. The second-order valence-corrected chi connectivity index (χ2v) is 5.95. The molecule has 3 rings (SSSR count). The summed E-state index contributed by atoms with van der Waals surface area (Å²) in [6.07, 6.45) is 2.40. The van der Waals surface area contributed by atoms with Crippen molar-refractivity contribution in [2.45, 2.75) is 32.4 Å². The van der Waals surface area contributed by atoms with Gasteiger partial charge in [-0.1, -0.05) is 17.7 Å². The van der Waals surface area contributed by atoms with Gasteiger partial charge in [-0.05, 0) is 54.7 Å². The van der Waals surface area contributed by atoms with Gasteiger partial charge in [0.1, 0.15) is 11.6 Å². The van der Waals surface area contributed by atoms with Crippen LogP contribution in [0.25, 0.3) is 11.1 Å². The van der Waals surface area contributed by atoms with Crippen LogP contribution in [0.2, 0.25) is 5.02 Å². The number of halogens is 3. The summed E-state index contributed by atoms with van der Waals surface area (Å²) >= 11 is 6.19. The third kappa shape index (κ3) is 3.25. The highest BCUT2D eigenvalue weighted by atomic mass is 35.5. The van der Waals surface area contributed by atoms with Crippen LogP contribution < -0.4 is 5.32 Å². The molecule has 1 nitrogen and oxygen atoms in total. The number of rotatable bonds is 4. The molecule has 21 heavy (non-hydrogen) atoms. The summed E-state index contributed by atoms with van der Waals surface area (Å²) < 4.78 is 27.3. The molecule has 0 spiro atoms. The van der Waals surface area contributed by atoms with E-state index in [1.54, 1.807) is 19.1 Å². The lowest BCUT2D eigenvalue weighted by molar-refractivity contribution is 0.579. The Labute approximate surface area is 127 Å². The molecule has 1 aliphatic rings. The van der Waals surface area contributed by atoms with Crippen LogP contribution in [-0.2, 0) is 6.54 Å². The summed E-state index contributed by atoms with van der Waals surface area (Å²) in [6, 6.07) is 8.44. The van der Waals surface area contributed by atoms with Gasteiger partial charge in [0.25, 0.3) is 0 Å². The second kappa shape index (κ2) is 5.74. The maximum atomic E-state index is 14.0. The highest BCUT2D eigenvalue weighted by Gasteiger charge is 2.20. The first kappa shape index (κ1) is 14.5. The second-order valence-electron chi connectivity index (χ2n) is 5.54. The summed E-state index contributed by atoms with van der Waals surface area (Å²) in [5, 5.41) is 4.05. The highest BCUT2D eigenvalue weighted by molar-refractivity contribution is 6.31. The molecule has 0 radical (unpaired) electrons. The first-order valence-electron chi connectivity index (χ1n) is 7.02. The molecule has 1 saturated carbocycles. The monoisotopic (exact) mass is 307 g/mol. The van der Waals surface area contributed by atoms with E-state index in [0.717, 1.165) is 11.6 Å². The van der Waals surface area contributed by atoms with Gasteiger partial charge in [0, 0.05) is 29.2 Å². The highest BCUT2D eigenvalue weighted by Crippen LogP contribution is 2.29. The number of hydrogen-bond donors (Lipinski definition) is 1. The first-order valence-corrected chi connectivity index (χ1v) is 7.40. The Hall–Kier alpha value is -1.45. The lowest BCUT2D eigenvalue weighted by Gasteiger charge is -2.10. The fraction of sp³-hybridized carbons (Fsp3) is 0.294. The van der Waals surface area contributed by atoms with Gasteiger partial charge in [-0.3, -0.25) is 0 Å². The summed E-state index contributed by atoms with van der Waals surface area (Å²) in [7, 11) is 0. The maximum absolute atomic E-state index is 14.0. The topological polar surface area (TPSA) is 12.0 Å². The van der Waals surface area contributed by atoms with Crippen LogP contribution in [0.4, 0.5) is 8.78 Å². The molecule has 2 aromatic carbocycles. The van der Waals surface area contributed by atoms with Crippen molar-refractivity contribution in [2.75, 3.05) is 0 Å². The summed E-state index contributed by atoms with van der Waals surface area (Å²) in [5.41, 5.74) is 2.48. The van der Waals surface area contributed by atoms with Crippen molar-refractivity contribution in [2.24, 2.45) is 0 Å². The van der Waals surface area contributed by atoms with Crippen molar-refractivity contribution in [1.82, 2.24) is 5.32 Å². The van der Waals surface area contributed by atoms with Crippen LogP contribution in [0.5, 0.6) is 0 Å².